The van der Waals surface area contributed by atoms with Crippen molar-refractivity contribution in [2.75, 3.05) is 7.11 Å². The maximum atomic E-state index is 13.0. The molecule has 13 heavy (non-hydrogen) atoms. The van der Waals surface area contributed by atoms with E-state index in [2.05, 4.69) is 9.57 Å². The number of hydrogen-bond acceptors (Lipinski definition) is 3. The summed E-state index contributed by atoms with van der Waals surface area (Å²) >= 11 is 0. The van der Waals surface area contributed by atoms with E-state index in [0.29, 0.717) is 5.56 Å². The number of benzene rings is 1. The van der Waals surface area contributed by atoms with Crippen molar-refractivity contribution in [2.24, 2.45) is 5.90 Å². The predicted octanol–water partition coefficient (Wildman–Crippen LogP) is 1.36. The van der Waals surface area contributed by atoms with Gasteiger partial charge in [0.25, 0.3) is 0 Å². The molecular formula is C8H9F2NO2. The zero-order valence-corrected chi connectivity index (χ0v) is 7.01. The van der Waals surface area contributed by atoms with Gasteiger partial charge in [0, 0.05) is 0 Å². The molecule has 0 fully saturated rings. The number of hydrogen-bond donors (Lipinski definition) is 1. The maximum absolute atomic E-state index is 13.0. The summed E-state index contributed by atoms with van der Waals surface area (Å²) in [5, 5.41) is 0. The van der Waals surface area contributed by atoms with Crippen molar-refractivity contribution in [2.45, 2.75) is 6.61 Å². The second-order valence-corrected chi connectivity index (χ2v) is 2.40. The lowest BCUT2D eigenvalue weighted by Gasteiger charge is -2.05. The molecule has 0 saturated carbocycles. The van der Waals surface area contributed by atoms with E-state index in [1.54, 1.807) is 0 Å². The molecule has 0 saturated heterocycles. The van der Waals surface area contributed by atoms with Crippen LogP contribution in [0.4, 0.5) is 8.78 Å². The molecule has 0 amide bonds. The first-order valence-electron chi connectivity index (χ1n) is 3.52. The molecule has 0 spiro atoms. The van der Waals surface area contributed by atoms with Gasteiger partial charge in [0.1, 0.15) is 0 Å². The topological polar surface area (TPSA) is 44.5 Å². The van der Waals surface area contributed by atoms with Crippen LogP contribution >= 0.6 is 0 Å². The fraction of sp³-hybridized carbons (Fsp3) is 0.250. The summed E-state index contributed by atoms with van der Waals surface area (Å²) in [6.07, 6.45) is 0. The summed E-state index contributed by atoms with van der Waals surface area (Å²) in [4.78, 5) is 4.24. The first kappa shape index (κ1) is 9.88. The Kier molecular flexibility index (Phi) is 3.16. The zero-order valence-electron chi connectivity index (χ0n) is 7.01. The van der Waals surface area contributed by atoms with Crippen LogP contribution in [0.1, 0.15) is 5.56 Å². The average Bonchev–Trinajstić information content (AvgIpc) is 2.04. The third-order valence-corrected chi connectivity index (χ3v) is 1.51. The SMILES string of the molecule is COc1c(F)cc(CON)cc1F. The minimum Gasteiger partial charge on any atom is -0.491 e. The minimum absolute atomic E-state index is 0.0438. The van der Waals surface area contributed by atoms with Crippen molar-refractivity contribution >= 4 is 0 Å². The van der Waals surface area contributed by atoms with Crippen LogP contribution < -0.4 is 10.6 Å². The van der Waals surface area contributed by atoms with Gasteiger partial charge in [0.2, 0.25) is 0 Å². The van der Waals surface area contributed by atoms with Gasteiger partial charge < -0.3 is 4.74 Å². The molecule has 0 unspecified atom stereocenters. The van der Waals surface area contributed by atoms with Crippen LogP contribution in [0, 0.1) is 11.6 Å². The molecule has 0 heterocycles. The van der Waals surface area contributed by atoms with Crippen molar-refractivity contribution in [1.82, 2.24) is 0 Å². The van der Waals surface area contributed by atoms with E-state index in [9.17, 15) is 8.78 Å². The molecule has 1 aromatic carbocycles. The molecule has 0 bridgehead atoms. The quantitative estimate of drug-likeness (QED) is 0.730. The molecule has 0 radical (unpaired) electrons. The average molecular weight is 189 g/mol. The minimum atomic E-state index is -0.769. The van der Waals surface area contributed by atoms with Crippen molar-refractivity contribution in [3.63, 3.8) is 0 Å². The Labute approximate surface area is 74.0 Å². The smallest absolute Gasteiger partial charge is 0.190 e. The van der Waals surface area contributed by atoms with E-state index in [0.717, 1.165) is 12.1 Å². The third-order valence-electron chi connectivity index (χ3n) is 1.51. The Balaban J connectivity index is 3.05. The molecule has 0 atom stereocenters. The number of rotatable bonds is 3. The largest absolute Gasteiger partial charge is 0.491 e. The molecule has 5 heteroatoms. The van der Waals surface area contributed by atoms with Gasteiger partial charge in [-0.2, -0.15) is 0 Å². The lowest BCUT2D eigenvalue weighted by Crippen LogP contribution is -2.01. The van der Waals surface area contributed by atoms with Gasteiger partial charge in [-0.05, 0) is 17.7 Å². The summed E-state index contributed by atoms with van der Waals surface area (Å²) < 4.78 is 30.4. The van der Waals surface area contributed by atoms with E-state index in [1.807, 2.05) is 0 Å². The summed E-state index contributed by atoms with van der Waals surface area (Å²) in [5.74, 6) is 2.82. The second kappa shape index (κ2) is 4.15. The Morgan fingerprint density at radius 2 is 1.85 bits per heavy atom. The molecule has 2 N–H and O–H groups in total. The predicted molar refractivity (Wildman–Crippen MR) is 41.9 cm³/mol. The van der Waals surface area contributed by atoms with E-state index in [1.165, 1.54) is 7.11 Å². The molecule has 0 aromatic heterocycles. The van der Waals surface area contributed by atoms with Crippen LogP contribution in [0.5, 0.6) is 5.75 Å². The fourth-order valence-electron chi connectivity index (χ4n) is 0.987. The molecule has 3 nitrogen and oxygen atoms in total. The van der Waals surface area contributed by atoms with Crippen molar-refractivity contribution in [1.29, 1.82) is 0 Å². The monoisotopic (exact) mass is 189 g/mol. The highest BCUT2D eigenvalue weighted by Crippen LogP contribution is 2.22. The zero-order chi connectivity index (χ0) is 9.84. The summed E-state index contributed by atoms with van der Waals surface area (Å²) in [5.41, 5.74) is 0.318. The molecule has 0 aliphatic heterocycles. The number of methoxy groups -OCH3 is 1. The normalized spacial score (nSPS) is 10.2. The first-order chi connectivity index (χ1) is 6.19. The Bertz CT molecular complexity index is 281. The molecular weight excluding hydrogens is 180 g/mol. The highest BCUT2D eigenvalue weighted by atomic mass is 19.1. The lowest BCUT2D eigenvalue weighted by molar-refractivity contribution is 0.123. The lowest BCUT2D eigenvalue weighted by atomic mass is 10.2. The molecule has 1 rings (SSSR count). The summed E-state index contributed by atoms with van der Waals surface area (Å²) in [6, 6.07) is 2.21. The third kappa shape index (κ3) is 2.13. The van der Waals surface area contributed by atoms with Crippen LogP contribution in [-0.2, 0) is 11.4 Å². The fourth-order valence-corrected chi connectivity index (χ4v) is 0.987. The number of nitrogens with two attached hydrogens (primary N) is 1. The molecule has 72 valence electrons. The first-order valence-corrected chi connectivity index (χ1v) is 3.52. The second-order valence-electron chi connectivity index (χ2n) is 2.40. The van der Waals surface area contributed by atoms with E-state index in [4.69, 9.17) is 5.90 Å². The maximum Gasteiger partial charge on any atom is 0.190 e. The summed E-state index contributed by atoms with van der Waals surface area (Å²) in [7, 11) is 1.20. The number of ether oxygens (including phenoxy) is 1. The van der Waals surface area contributed by atoms with E-state index in [-0.39, 0.29) is 6.61 Å². The van der Waals surface area contributed by atoms with Crippen molar-refractivity contribution in [3.8, 4) is 5.75 Å². The molecule has 1 aromatic rings. The highest BCUT2D eigenvalue weighted by Gasteiger charge is 2.10. The highest BCUT2D eigenvalue weighted by molar-refractivity contribution is 5.30. The van der Waals surface area contributed by atoms with Gasteiger partial charge in [-0.3, -0.25) is 4.84 Å². The van der Waals surface area contributed by atoms with E-state index >= 15 is 0 Å². The van der Waals surface area contributed by atoms with E-state index < -0.39 is 17.4 Å². The van der Waals surface area contributed by atoms with Crippen molar-refractivity contribution in [3.05, 3.63) is 29.3 Å². The van der Waals surface area contributed by atoms with Crippen molar-refractivity contribution < 1.29 is 18.4 Å². The van der Waals surface area contributed by atoms with Crippen LogP contribution in [0.3, 0.4) is 0 Å². The Morgan fingerprint density at radius 3 is 2.23 bits per heavy atom. The standard InChI is InChI=1S/C8H9F2NO2/c1-12-8-6(9)2-5(4-13-11)3-7(8)10/h2-3H,4,11H2,1H3. The van der Waals surface area contributed by atoms with Crippen LogP contribution in [0.15, 0.2) is 12.1 Å². The number of halogens is 2. The van der Waals surface area contributed by atoms with Crippen LogP contribution in [0.25, 0.3) is 0 Å². The molecule has 0 aliphatic rings. The Hall–Kier alpha value is -1.20. The van der Waals surface area contributed by atoms with Gasteiger partial charge in [0.15, 0.2) is 17.4 Å². The Morgan fingerprint density at radius 1 is 1.31 bits per heavy atom. The van der Waals surface area contributed by atoms with Gasteiger partial charge in [-0.25, -0.2) is 14.7 Å². The van der Waals surface area contributed by atoms with Gasteiger partial charge in [0.05, 0.1) is 13.7 Å². The van der Waals surface area contributed by atoms with Gasteiger partial charge >= 0.3 is 0 Å². The summed E-state index contributed by atoms with van der Waals surface area (Å²) in [6.45, 7) is -0.0438. The van der Waals surface area contributed by atoms with Crippen LogP contribution in [0.2, 0.25) is 0 Å². The van der Waals surface area contributed by atoms with Gasteiger partial charge in [-0.1, -0.05) is 0 Å². The van der Waals surface area contributed by atoms with Crippen LogP contribution in [-0.4, -0.2) is 7.11 Å². The van der Waals surface area contributed by atoms with Gasteiger partial charge in [-0.15, -0.1) is 0 Å². The molecule has 0 aliphatic carbocycles.